The molecule has 1 N–H and O–H groups in total. The minimum absolute atomic E-state index is 0.0576. The van der Waals surface area contributed by atoms with Crippen molar-refractivity contribution in [2.24, 2.45) is 0 Å². The number of hydrogen-bond acceptors (Lipinski definition) is 5. The first-order chi connectivity index (χ1) is 12.2. The lowest BCUT2D eigenvalue weighted by atomic mass is 10.1. The van der Waals surface area contributed by atoms with E-state index in [2.05, 4.69) is 4.98 Å². The normalized spacial score (nSPS) is 11.1. The van der Waals surface area contributed by atoms with Gasteiger partial charge in [-0.3, -0.25) is 14.2 Å². The maximum Gasteiger partial charge on any atom is 0.346 e. The molecule has 0 spiro atoms. The Morgan fingerprint density at radius 2 is 1.96 bits per heavy atom. The predicted molar refractivity (Wildman–Crippen MR) is 95.8 cm³/mol. The molecule has 8 heteroatoms. The van der Waals surface area contributed by atoms with Crippen LogP contribution in [0.3, 0.4) is 0 Å². The molecule has 0 aliphatic rings. The minimum atomic E-state index is -1.12. The largest absolute Gasteiger partial charge is 0.477 e. The predicted octanol–water partition coefficient (Wildman–Crippen LogP) is 3.10. The second-order valence-electron chi connectivity index (χ2n) is 5.98. The number of aryl methyl sites for hydroxylation is 3. The Morgan fingerprint density at radius 1 is 1.27 bits per heavy atom. The summed E-state index contributed by atoms with van der Waals surface area (Å²) in [5, 5.41) is 9.44. The van der Waals surface area contributed by atoms with Crippen molar-refractivity contribution in [3.63, 3.8) is 0 Å². The number of Topliss-reactive ketones (excluding diaryl/α,β-unsaturated/α-hetero) is 1. The highest BCUT2D eigenvalue weighted by molar-refractivity contribution is 7.20. The highest BCUT2D eigenvalue weighted by Gasteiger charge is 2.21. The fourth-order valence-electron chi connectivity index (χ4n) is 2.76. The smallest absolute Gasteiger partial charge is 0.346 e. The number of rotatable bonds is 4. The van der Waals surface area contributed by atoms with E-state index < -0.39 is 17.3 Å². The minimum Gasteiger partial charge on any atom is -0.477 e. The molecule has 0 saturated heterocycles. The standard InChI is InChI=1S/C18H15FN2O4S/c1-8-6-11(4-5-12(8)19)13(22)7-21-10(3)20-16-14(17(21)23)9(2)15(26-16)18(24)25/h4-6H,7H2,1-3H3,(H,24,25). The topological polar surface area (TPSA) is 89.3 Å². The summed E-state index contributed by atoms with van der Waals surface area (Å²) in [6.45, 7) is 4.44. The third-order valence-corrected chi connectivity index (χ3v) is 5.39. The highest BCUT2D eigenvalue weighted by atomic mass is 32.1. The molecule has 0 aliphatic carbocycles. The Balaban J connectivity index is 2.09. The van der Waals surface area contributed by atoms with Gasteiger partial charge in [0.25, 0.3) is 5.56 Å². The number of carboxylic acid groups (broad SMARTS) is 1. The van der Waals surface area contributed by atoms with E-state index in [0.717, 1.165) is 11.3 Å². The number of aromatic nitrogens is 2. The number of halogens is 1. The number of thiophene rings is 1. The molecule has 134 valence electrons. The number of benzene rings is 1. The van der Waals surface area contributed by atoms with E-state index in [1.165, 1.54) is 22.8 Å². The van der Waals surface area contributed by atoms with Gasteiger partial charge in [-0.25, -0.2) is 14.2 Å². The van der Waals surface area contributed by atoms with Crippen molar-refractivity contribution in [1.29, 1.82) is 0 Å². The first-order valence-corrected chi connectivity index (χ1v) is 8.55. The van der Waals surface area contributed by atoms with Gasteiger partial charge in [0, 0.05) is 5.56 Å². The maximum atomic E-state index is 13.4. The molecule has 0 saturated carbocycles. The summed E-state index contributed by atoms with van der Waals surface area (Å²) in [5.74, 6) is -1.57. The Bertz CT molecular complexity index is 1130. The van der Waals surface area contributed by atoms with Crippen LogP contribution in [0, 0.1) is 26.6 Å². The van der Waals surface area contributed by atoms with Crippen LogP contribution >= 0.6 is 11.3 Å². The van der Waals surface area contributed by atoms with Crippen LogP contribution in [0.1, 0.15) is 37.0 Å². The van der Waals surface area contributed by atoms with E-state index in [1.807, 2.05) is 0 Å². The summed E-state index contributed by atoms with van der Waals surface area (Å²) in [4.78, 5) is 41.3. The van der Waals surface area contributed by atoms with Gasteiger partial charge in [-0.15, -0.1) is 11.3 Å². The summed E-state index contributed by atoms with van der Waals surface area (Å²) < 4.78 is 14.6. The molecule has 6 nitrogen and oxygen atoms in total. The number of fused-ring (bicyclic) bond motifs is 1. The van der Waals surface area contributed by atoms with E-state index in [-0.39, 0.29) is 22.6 Å². The number of ketones is 1. The molecule has 0 radical (unpaired) electrons. The van der Waals surface area contributed by atoms with E-state index in [0.29, 0.717) is 27.3 Å². The zero-order valence-electron chi connectivity index (χ0n) is 14.3. The van der Waals surface area contributed by atoms with Gasteiger partial charge in [0.2, 0.25) is 0 Å². The summed E-state index contributed by atoms with van der Waals surface area (Å²) in [5.41, 5.74) is 0.520. The molecule has 2 heterocycles. The summed E-state index contributed by atoms with van der Waals surface area (Å²) in [7, 11) is 0. The number of carbonyl (C=O) groups excluding carboxylic acids is 1. The van der Waals surface area contributed by atoms with Crippen molar-refractivity contribution in [1.82, 2.24) is 9.55 Å². The lowest BCUT2D eigenvalue weighted by molar-refractivity contribution is 0.0701. The summed E-state index contributed by atoms with van der Waals surface area (Å²) >= 11 is 0.937. The second-order valence-corrected chi connectivity index (χ2v) is 6.98. The van der Waals surface area contributed by atoms with Gasteiger partial charge >= 0.3 is 5.97 Å². The van der Waals surface area contributed by atoms with Crippen LogP contribution in [-0.4, -0.2) is 26.4 Å². The highest BCUT2D eigenvalue weighted by Crippen LogP contribution is 2.27. The fourth-order valence-corrected chi connectivity index (χ4v) is 3.82. The van der Waals surface area contributed by atoms with Crippen molar-refractivity contribution < 1.29 is 19.1 Å². The monoisotopic (exact) mass is 374 g/mol. The summed E-state index contributed by atoms with van der Waals surface area (Å²) in [6, 6.07) is 4.01. The fraction of sp³-hybridized carbons (Fsp3) is 0.222. The van der Waals surface area contributed by atoms with Crippen LogP contribution < -0.4 is 5.56 Å². The van der Waals surface area contributed by atoms with Gasteiger partial charge < -0.3 is 5.11 Å². The number of hydrogen-bond donors (Lipinski definition) is 1. The van der Waals surface area contributed by atoms with Crippen LogP contribution in [0.15, 0.2) is 23.0 Å². The van der Waals surface area contributed by atoms with Crippen LogP contribution in [0.2, 0.25) is 0 Å². The quantitative estimate of drug-likeness (QED) is 0.709. The lowest BCUT2D eigenvalue weighted by Gasteiger charge is -2.09. The van der Waals surface area contributed by atoms with E-state index in [4.69, 9.17) is 0 Å². The summed E-state index contributed by atoms with van der Waals surface area (Å²) in [6.07, 6.45) is 0. The first kappa shape index (κ1) is 17.9. The van der Waals surface area contributed by atoms with Gasteiger partial charge in [-0.2, -0.15) is 0 Å². The Hall–Kier alpha value is -2.87. The van der Waals surface area contributed by atoms with E-state index in [1.54, 1.807) is 20.8 Å². The van der Waals surface area contributed by atoms with Crippen molar-refractivity contribution in [3.05, 3.63) is 61.8 Å². The Labute approximate surface area is 151 Å². The maximum absolute atomic E-state index is 13.4. The second kappa shape index (κ2) is 6.45. The van der Waals surface area contributed by atoms with Gasteiger partial charge in [0.1, 0.15) is 21.3 Å². The van der Waals surface area contributed by atoms with Gasteiger partial charge in [0.15, 0.2) is 5.78 Å². The Morgan fingerprint density at radius 3 is 2.58 bits per heavy atom. The molecule has 0 bridgehead atoms. The zero-order valence-corrected chi connectivity index (χ0v) is 15.1. The average molecular weight is 374 g/mol. The van der Waals surface area contributed by atoms with Crippen molar-refractivity contribution >= 4 is 33.3 Å². The molecule has 26 heavy (non-hydrogen) atoms. The number of nitrogens with zero attached hydrogens (tertiary/aromatic N) is 2. The molecule has 0 amide bonds. The van der Waals surface area contributed by atoms with E-state index in [9.17, 15) is 23.9 Å². The first-order valence-electron chi connectivity index (χ1n) is 7.74. The molecule has 0 unspecified atom stereocenters. The molecule has 0 fully saturated rings. The van der Waals surface area contributed by atoms with Gasteiger partial charge in [-0.05, 0) is 50.1 Å². The molecular formula is C18H15FN2O4S. The SMILES string of the molecule is Cc1cc(C(=O)Cn2c(C)nc3sc(C(=O)O)c(C)c3c2=O)ccc1F. The Kier molecular flexibility index (Phi) is 4.45. The average Bonchev–Trinajstić information content (AvgIpc) is 2.90. The van der Waals surface area contributed by atoms with Crippen LogP contribution in [-0.2, 0) is 6.54 Å². The zero-order chi connectivity index (χ0) is 19.2. The van der Waals surface area contributed by atoms with Crippen molar-refractivity contribution in [2.45, 2.75) is 27.3 Å². The molecule has 0 atom stereocenters. The lowest BCUT2D eigenvalue weighted by Crippen LogP contribution is -2.27. The number of carbonyl (C=O) groups is 2. The molecule has 0 aliphatic heterocycles. The number of carboxylic acids is 1. The number of aromatic carboxylic acids is 1. The molecule has 3 aromatic rings. The van der Waals surface area contributed by atoms with Gasteiger partial charge in [-0.1, -0.05) is 0 Å². The third kappa shape index (κ3) is 2.92. The van der Waals surface area contributed by atoms with Gasteiger partial charge in [0.05, 0.1) is 11.9 Å². The molecule has 3 rings (SSSR count). The van der Waals surface area contributed by atoms with Crippen LogP contribution in [0.5, 0.6) is 0 Å². The van der Waals surface area contributed by atoms with Crippen molar-refractivity contribution in [2.75, 3.05) is 0 Å². The molecule has 2 aromatic heterocycles. The van der Waals surface area contributed by atoms with Crippen LogP contribution in [0.4, 0.5) is 4.39 Å². The third-order valence-electron chi connectivity index (χ3n) is 4.22. The van der Waals surface area contributed by atoms with Crippen LogP contribution in [0.25, 0.3) is 10.2 Å². The molecular weight excluding hydrogens is 359 g/mol. The van der Waals surface area contributed by atoms with Crippen molar-refractivity contribution in [3.8, 4) is 0 Å². The van der Waals surface area contributed by atoms with E-state index >= 15 is 0 Å². The molecule has 1 aromatic carbocycles.